The van der Waals surface area contributed by atoms with Crippen LogP contribution in [0.25, 0.3) is 11.0 Å². The second-order valence-corrected chi connectivity index (χ2v) is 6.04. The Morgan fingerprint density at radius 3 is 2.28 bits per heavy atom. The lowest BCUT2D eigenvalue weighted by Gasteiger charge is -2.13. The van der Waals surface area contributed by atoms with Gasteiger partial charge in [0.05, 0.1) is 28.5 Å². The summed E-state index contributed by atoms with van der Waals surface area (Å²) >= 11 is 0. The maximum atomic E-state index is 12.5. The minimum Gasteiger partial charge on any atom is -0.332 e. The zero-order valence-electron chi connectivity index (χ0n) is 14.4. The predicted octanol–water partition coefficient (Wildman–Crippen LogP) is 3.55. The standard InChI is InChI=1S/C20H18N4O/c1-12-4-6-15(7-5-12)19(11-21)24-20(25)16-8-9-17-18(10-16)23-14(3)13(2)22-17/h4-10,19H,1-3H3,(H,24,25). The molecule has 0 saturated heterocycles. The van der Waals surface area contributed by atoms with Crippen LogP contribution in [0, 0.1) is 32.1 Å². The number of benzene rings is 2. The molecule has 5 nitrogen and oxygen atoms in total. The van der Waals surface area contributed by atoms with Gasteiger partial charge >= 0.3 is 0 Å². The van der Waals surface area contributed by atoms with E-state index in [2.05, 4.69) is 21.4 Å². The van der Waals surface area contributed by atoms with E-state index in [0.29, 0.717) is 11.1 Å². The Bertz CT molecular complexity index is 987. The maximum absolute atomic E-state index is 12.5. The Labute approximate surface area is 146 Å². The molecule has 25 heavy (non-hydrogen) atoms. The van der Waals surface area contributed by atoms with E-state index >= 15 is 0 Å². The summed E-state index contributed by atoms with van der Waals surface area (Å²) in [5.41, 5.74) is 5.43. The van der Waals surface area contributed by atoms with Crippen molar-refractivity contribution < 1.29 is 4.79 Å². The molecule has 0 saturated carbocycles. The molecule has 0 aliphatic carbocycles. The summed E-state index contributed by atoms with van der Waals surface area (Å²) in [7, 11) is 0. The Balaban J connectivity index is 1.87. The second kappa shape index (κ2) is 6.70. The summed E-state index contributed by atoms with van der Waals surface area (Å²) in [6.07, 6.45) is 0. The van der Waals surface area contributed by atoms with Crippen LogP contribution in [0.4, 0.5) is 0 Å². The van der Waals surface area contributed by atoms with E-state index < -0.39 is 6.04 Å². The second-order valence-electron chi connectivity index (χ2n) is 6.04. The van der Waals surface area contributed by atoms with Gasteiger partial charge in [-0.25, -0.2) is 9.97 Å². The number of nitrogens with zero attached hydrogens (tertiary/aromatic N) is 3. The fraction of sp³-hybridized carbons (Fsp3) is 0.200. The molecule has 0 bridgehead atoms. The molecule has 2 aromatic carbocycles. The quantitative estimate of drug-likeness (QED) is 0.796. The maximum Gasteiger partial charge on any atom is 0.252 e. The molecule has 0 radical (unpaired) electrons. The van der Waals surface area contributed by atoms with Crippen LogP contribution in [0.3, 0.4) is 0 Å². The minimum atomic E-state index is -0.699. The summed E-state index contributed by atoms with van der Waals surface area (Å²) in [6, 6.07) is 14.1. The number of hydrogen-bond acceptors (Lipinski definition) is 4. The number of aromatic nitrogens is 2. The van der Waals surface area contributed by atoms with E-state index in [0.717, 1.165) is 28.0 Å². The fourth-order valence-corrected chi connectivity index (χ4v) is 2.54. The van der Waals surface area contributed by atoms with Crippen molar-refractivity contribution in [2.45, 2.75) is 26.8 Å². The number of aryl methyl sites for hydroxylation is 3. The summed E-state index contributed by atoms with van der Waals surface area (Å²) < 4.78 is 0. The van der Waals surface area contributed by atoms with Crippen molar-refractivity contribution in [2.24, 2.45) is 0 Å². The van der Waals surface area contributed by atoms with Crippen LogP contribution < -0.4 is 5.32 Å². The van der Waals surface area contributed by atoms with Gasteiger partial charge in [0.25, 0.3) is 5.91 Å². The van der Waals surface area contributed by atoms with Crippen LogP contribution in [-0.2, 0) is 0 Å². The van der Waals surface area contributed by atoms with Gasteiger partial charge in [-0.15, -0.1) is 0 Å². The Morgan fingerprint density at radius 2 is 1.64 bits per heavy atom. The molecule has 3 aromatic rings. The summed E-state index contributed by atoms with van der Waals surface area (Å²) in [4.78, 5) is 21.5. The zero-order valence-corrected chi connectivity index (χ0v) is 14.4. The van der Waals surface area contributed by atoms with Crippen LogP contribution in [0.15, 0.2) is 42.5 Å². The number of hydrogen-bond donors (Lipinski definition) is 1. The van der Waals surface area contributed by atoms with Gasteiger partial charge in [-0.2, -0.15) is 5.26 Å². The van der Waals surface area contributed by atoms with Gasteiger partial charge in [0.1, 0.15) is 6.04 Å². The van der Waals surface area contributed by atoms with Gasteiger partial charge < -0.3 is 5.32 Å². The molecule has 0 aliphatic rings. The molecule has 1 unspecified atom stereocenters. The third-order valence-electron chi connectivity index (χ3n) is 4.15. The van der Waals surface area contributed by atoms with Gasteiger partial charge in [0.2, 0.25) is 0 Å². The number of carbonyl (C=O) groups excluding carboxylic acids is 1. The Morgan fingerprint density at radius 1 is 1.00 bits per heavy atom. The largest absolute Gasteiger partial charge is 0.332 e. The van der Waals surface area contributed by atoms with E-state index in [-0.39, 0.29) is 5.91 Å². The molecule has 3 rings (SSSR count). The first-order chi connectivity index (χ1) is 12.0. The molecule has 1 aromatic heterocycles. The highest BCUT2D eigenvalue weighted by Crippen LogP contribution is 2.17. The molecule has 5 heteroatoms. The van der Waals surface area contributed by atoms with E-state index in [1.807, 2.05) is 45.0 Å². The van der Waals surface area contributed by atoms with Crippen molar-refractivity contribution in [2.75, 3.05) is 0 Å². The lowest BCUT2D eigenvalue weighted by Crippen LogP contribution is -2.27. The molecule has 124 valence electrons. The number of nitriles is 1. The van der Waals surface area contributed by atoms with Crippen LogP contribution >= 0.6 is 0 Å². The third kappa shape index (κ3) is 3.48. The molecule has 0 aliphatic heterocycles. The predicted molar refractivity (Wildman–Crippen MR) is 96.0 cm³/mol. The zero-order chi connectivity index (χ0) is 18.0. The Kier molecular flexibility index (Phi) is 4.44. The summed E-state index contributed by atoms with van der Waals surface area (Å²) in [5.74, 6) is -0.311. The highest BCUT2D eigenvalue weighted by Gasteiger charge is 2.16. The Hall–Kier alpha value is -3.26. The van der Waals surface area contributed by atoms with E-state index in [4.69, 9.17) is 0 Å². The smallest absolute Gasteiger partial charge is 0.252 e. The molecular formula is C20H18N4O. The molecule has 0 fully saturated rings. The van der Waals surface area contributed by atoms with Crippen molar-refractivity contribution in [3.05, 3.63) is 70.5 Å². The van der Waals surface area contributed by atoms with E-state index in [1.54, 1.807) is 18.2 Å². The average molecular weight is 330 g/mol. The number of nitrogens with one attached hydrogen (secondary N) is 1. The van der Waals surface area contributed by atoms with E-state index in [9.17, 15) is 10.1 Å². The van der Waals surface area contributed by atoms with Gasteiger partial charge in [-0.05, 0) is 44.5 Å². The first-order valence-corrected chi connectivity index (χ1v) is 8.00. The van der Waals surface area contributed by atoms with Crippen molar-refractivity contribution in [3.8, 4) is 6.07 Å². The van der Waals surface area contributed by atoms with Gasteiger partial charge in [-0.3, -0.25) is 4.79 Å². The molecule has 1 atom stereocenters. The van der Waals surface area contributed by atoms with Crippen molar-refractivity contribution in [1.29, 1.82) is 5.26 Å². The van der Waals surface area contributed by atoms with Crippen LogP contribution in [0.5, 0.6) is 0 Å². The minimum absolute atomic E-state index is 0.311. The summed E-state index contributed by atoms with van der Waals surface area (Å²) in [6.45, 7) is 5.77. The lowest BCUT2D eigenvalue weighted by atomic mass is 10.1. The van der Waals surface area contributed by atoms with Crippen LogP contribution in [0.2, 0.25) is 0 Å². The monoisotopic (exact) mass is 330 g/mol. The first-order valence-electron chi connectivity index (χ1n) is 8.00. The van der Waals surface area contributed by atoms with Crippen LogP contribution in [-0.4, -0.2) is 15.9 Å². The number of carbonyl (C=O) groups is 1. The molecule has 1 N–H and O–H groups in total. The van der Waals surface area contributed by atoms with Crippen LogP contribution in [0.1, 0.15) is 38.9 Å². The number of fused-ring (bicyclic) bond motifs is 1. The molecular weight excluding hydrogens is 312 g/mol. The number of rotatable bonds is 3. The van der Waals surface area contributed by atoms with Gasteiger partial charge in [0.15, 0.2) is 0 Å². The molecule has 1 amide bonds. The van der Waals surface area contributed by atoms with Crippen molar-refractivity contribution in [3.63, 3.8) is 0 Å². The SMILES string of the molecule is Cc1ccc(C(C#N)NC(=O)c2ccc3nc(C)c(C)nc3c2)cc1. The topological polar surface area (TPSA) is 78.7 Å². The lowest BCUT2D eigenvalue weighted by molar-refractivity contribution is 0.0945. The molecule has 0 spiro atoms. The normalized spacial score (nSPS) is 11.8. The summed E-state index contributed by atoms with van der Waals surface area (Å²) in [5, 5.41) is 12.2. The fourth-order valence-electron chi connectivity index (χ4n) is 2.54. The van der Waals surface area contributed by atoms with Gasteiger partial charge in [-0.1, -0.05) is 29.8 Å². The van der Waals surface area contributed by atoms with Crippen molar-refractivity contribution in [1.82, 2.24) is 15.3 Å². The third-order valence-corrected chi connectivity index (χ3v) is 4.15. The van der Waals surface area contributed by atoms with Gasteiger partial charge in [0, 0.05) is 5.56 Å². The van der Waals surface area contributed by atoms with Crippen molar-refractivity contribution >= 4 is 16.9 Å². The van der Waals surface area contributed by atoms with E-state index in [1.165, 1.54) is 0 Å². The molecule has 1 heterocycles. The highest BCUT2D eigenvalue weighted by molar-refractivity contribution is 5.97. The highest BCUT2D eigenvalue weighted by atomic mass is 16.1. The number of amides is 1. The first kappa shape index (κ1) is 16.6. The average Bonchev–Trinajstić information content (AvgIpc) is 2.61.